The highest BCUT2D eigenvalue weighted by Crippen LogP contribution is 2.19. The summed E-state index contributed by atoms with van der Waals surface area (Å²) >= 11 is 0. The van der Waals surface area contributed by atoms with Crippen molar-refractivity contribution in [1.82, 2.24) is 10.2 Å². The SMILES string of the molecule is CC(C)NC1CN(C(C)C)CC1CO. The van der Waals surface area contributed by atoms with Gasteiger partial charge in [0.05, 0.1) is 0 Å². The first-order valence-electron chi connectivity index (χ1n) is 5.65. The Bertz CT molecular complexity index is 171. The van der Waals surface area contributed by atoms with E-state index >= 15 is 0 Å². The molecule has 2 atom stereocenters. The number of aliphatic hydroxyl groups excluding tert-OH is 1. The fourth-order valence-electron chi connectivity index (χ4n) is 2.13. The van der Waals surface area contributed by atoms with Crippen LogP contribution in [-0.2, 0) is 0 Å². The summed E-state index contributed by atoms with van der Waals surface area (Å²) in [6, 6.07) is 1.55. The molecule has 2 N–H and O–H groups in total. The summed E-state index contributed by atoms with van der Waals surface area (Å²) in [6.45, 7) is 11.1. The van der Waals surface area contributed by atoms with E-state index in [-0.39, 0.29) is 0 Å². The third kappa shape index (κ3) is 2.94. The van der Waals surface area contributed by atoms with Crippen LogP contribution >= 0.6 is 0 Å². The van der Waals surface area contributed by atoms with Gasteiger partial charge in [-0.1, -0.05) is 13.8 Å². The highest BCUT2D eigenvalue weighted by Gasteiger charge is 2.33. The van der Waals surface area contributed by atoms with E-state index < -0.39 is 0 Å². The number of hydrogen-bond acceptors (Lipinski definition) is 3. The first-order chi connectivity index (χ1) is 6.54. The number of nitrogens with one attached hydrogen (secondary N) is 1. The Morgan fingerprint density at radius 3 is 2.36 bits per heavy atom. The van der Waals surface area contributed by atoms with Gasteiger partial charge in [0.25, 0.3) is 0 Å². The molecule has 1 heterocycles. The second-order valence-electron chi connectivity index (χ2n) is 4.92. The molecule has 0 radical (unpaired) electrons. The van der Waals surface area contributed by atoms with Crippen LogP contribution in [0.4, 0.5) is 0 Å². The molecule has 1 rings (SSSR count). The number of likely N-dealkylation sites (tertiary alicyclic amines) is 1. The number of nitrogens with zero attached hydrogens (tertiary/aromatic N) is 1. The van der Waals surface area contributed by atoms with Crippen LogP contribution in [0.3, 0.4) is 0 Å². The van der Waals surface area contributed by atoms with Gasteiger partial charge in [0.1, 0.15) is 0 Å². The van der Waals surface area contributed by atoms with Gasteiger partial charge >= 0.3 is 0 Å². The van der Waals surface area contributed by atoms with E-state index in [0.717, 1.165) is 13.1 Å². The van der Waals surface area contributed by atoms with Gasteiger partial charge in [0.15, 0.2) is 0 Å². The molecule has 1 fully saturated rings. The van der Waals surface area contributed by atoms with Crippen molar-refractivity contribution in [2.45, 2.75) is 45.8 Å². The van der Waals surface area contributed by atoms with Crippen molar-refractivity contribution in [1.29, 1.82) is 0 Å². The van der Waals surface area contributed by atoms with E-state index in [9.17, 15) is 5.11 Å². The predicted molar refractivity (Wildman–Crippen MR) is 59.3 cm³/mol. The lowest BCUT2D eigenvalue weighted by Crippen LogP contribution is -2.41. The van der Waals surface area contributed by atoms with Crippen molar-refractivity contribution >= 4 is 0 Å². The largest absolute Gasteiger partial charge is 0.396 e. The zero-order chi connectivity index (χ0) is 10.7. The molecular formula is C11H24N2O. The molecule has 0 aromatic heterocycles. The minimum Gasteiger partial charge on any atom is -0.396 e. The van der Waals surface area contributed by atoms with Gasteiger partial charge in [-0.25, -0.2) is 0 Å². The normalized spacial score (nSPS) is 29.4. The molecule has 0 bridgehead atoms. The lowest BCUT2D eigenvalue weighted by atomic mass is 10.0. The van der Waals surface area contributed by atoms with Gasteiger partial charge < -0.3 is 10.4 Å². The summed E-state index contributed by atoms with van der Waals surface area (Å²) in [6.07, 6.45) is 0. The van der Waals surface area contributed by atoms with Gasteiger partial charge in [0, 0.05) is 43.7 Å². The van der Waals surface area contributed by atoms with Gasteiger partial charge in [0.2, 0.25) is 0 Å². The Balaban J connectivity index is 2.49. The smallest absolute Gasteiger partial charge is 0.0486 e. The lowest BCUT2D eigenvalue weighted by molar-refractivity contribution is 0.199. The van der Waals surface area contributed by atoms with E-state index in [1.807, 2.05) is 0 Å². The standard InChI is InChI=1S/C11H24N2O/c1-8(2)12-11-6-13(9(3)4)5-10(11)7-14/h8-12,14H,5-7H2,1-4H3. The Morgan fingerprint density at radius 2 is 1.93 bits per heavy atom. The monoisotopic (exact) mass is 200 g/mol. The number of hydrogen-bond donors (Lipinski definition) is 2. The zero-order valence-electron chi connectivity index (χ0n) is 9.83. The van der Waals surface area contributed by atoms with Crippen molar-refractivity contribution in [2.75, 3.05) is 19.7 Å². The summed E-state index contributed by atoms with van der Waals surface area (Å²) in [5, 5.41) is 12.8. The topological polar surface area (TPSA) is 35.5 Å². The minimum atomic E-state index is 0.299. The van der Waals surface area contributed by atoms with Crippen LogP contribution in [0.5, 0.6) is 0 Å². The number of aliphatic hydroxyl groups is 1. The maximum absolute atomic E-state index is 9.28. The molecule has 1 aliphatic heterocycles. The predicted octanol–water partition coefficient (Wildman–Crippen LogP) is 0.685. The molecule has 1 saturated heterocycles. The first kappa shape index (κ1) is 12.0. The molecule has 0 spiro atoms. The highest BCUT2D eigenvalue weighted by atomic mass is 16.3. The highest BCUT2D eigenvalue weighted by molar-refractivity contribution is 4.90. The summed E-state index contributed by atoms with van der Waals surface area (Å²) in [5.41, 5.74) is 0. The first-order valence-corrected chi connectivity index (χ1v) is 5.65. The molecule has 14 heavy (non-hydrogen) atoms. The van der Waals surface area contributed by atoms with Crippen molar-refractivity contribution in [3.05, 3.63) is 0 Å². The summed E-state index contributed by atoms with van der Waals surface area (Å²) in [4.78, 5) is 2.43. The van der Waals surface area contributed by atoms with E-state index in [1.165, 1.54) is 0 Å². The zero-order valence-corrected chi connectivity index (χ0v) is 9.83. The molecule has 0 saturated carbocycles. The van der Waals surface area contributed by atoms with Crippen LogP contribution in [0.2, 0.25) is 0 Å². The van der Waals surface area contributed by atoms with Gasteiger partial charge in [-0.15, -0.1) is 0 Å². The van der Waals surface area contributed by atoms with Crippen LogP contribution in [-0.4, -0.2) is 47.8 Å². The molecule has 84 valence electrons. The van der Waals surface area contributed by atoms with Gasteiger partial charge in [-0.3, -0.25) is 4.90 Å². The van der Waals surface area contributed by atoms with Crippen molar-refractivity contribution < 1.29 is 5.11 Å². The van der Waals surface area contributed by atoms with E-state index in [1.54, 1.807) is 0 Å². The van der Waals surface area contributed by atoms with Crippen LogP contribution in [0, 0.1) is 5.92 Å². The second-order valence-corrected chi connectivity index (χ2v) is 4.92. The van der Waals surface area contributed by atoms with Crippen LogP contribution in [0.25, 0.3) is 0 Å². The maximum atomic E-state index is 9.28. The third-order valence-electron chi connectivity index (χ3n) is 2.98. The molecule has 0 aliphatic carbocycles. The average Bonchev–Trinajstić information content (AvgIpc) is 2.46. The third-order valence-corrected chi connectivity index (χ3v) is 2.98. The number of rotatable bonds is 4. The van der Waals surface area contributed by atoms with Crippen molar-refractivity contribution in [3.8, 4) is 0 Å². The van der Waals surface area contributed by atoms with E-state index in [4.69, 9.17) is 0 Å². The van der Waals surface area contributed by atoms with Crippen LogP contribution in [0.1, 0.15) is 27.7 Å². The lowest BCUT2D eigenvalue weighted by Gasteiger charge is -2.21. The molecule has 0 aromatic carbocycles. The van der Waals surface area contributed by atoms with Crippen LogP contribution in [0.15, 0.2) is 0 Å². The Labute approximate surface area is 87.5 Å². The Kier molecular flexibility index (Phi) is 4.35. The quantitative estimate of drug-likeness (QED) is 0.701. The summed E-state index contributed by atoms with van der Waals surface area (Å²) < 4.78 is 0. The van der Waals surface area contributed by atoms with Crippen molar-refractivity contribution in [2.24, 2.45) is 5.92 Å². The molecule has 3 heteroatoms. The van der Waals surface area contributed by atoms with Gasteiger partial charge in [-0.2, -0.15) is 0 Å². The molecule has 2 unspecified atom stereocenters. The Morgan fingerprint density at radius 1 is 1.29 bits per heavy atom. The molecule has 1 aliphatic rings. The molecule has 0 amide bonds. The fraction of sp³-hybridized carbons (Fsp3) is 1.00. The molecular weight excluding hydrogens is 176 g/mol. The van der Waals surface area contributed by atoms with Crippen molar-refractivity contribution in [3.63, 3.8) is 0 Å². The second kappa shape index (κ2) is 5.10. The Hall–Kier alpha value is -0.120. The van der Waals surface area contributed by atoms with E-state index in [2.05, 4.69) is 37.9 Å². The summed E-state index contributed by atoms with van der Waals surface area (Å²) in [7, 11) is 0. The molecule has 0 aromatic rings. The average molecular weight is 200 g/mol. The fourth-order valence-corrected chi connectivity index (χ4v) is 2.13. The van der Waals surface area contributed by atoms with E-state index in [0.29, 0.717) is 30.7 Å². The summed E-state index contributed by atoms with van der Waals surface area (Å²) in [5.74, 6) is 0.403. The molecule has 3 nitrogen and oxygen atoms in total. The maximum Gasteiger partial charge on any atom is 0.0486 e. The minimum absolute atomic E-state index is 0.299. The van der Waals surface area contributed by atoms with Gasteiger partial charge in [-0.05, 0) is 13.8 Å². The van der Waals surface area contributed by atoms with Crippen LogP contribution < -0.4 is 5.32 Å².